The molecule has 0 bridgehead atoms. The van der Waals surface area contributed by atoms with Crippen LogP contribution in [0.3, 0.4) is 0 Å². The number of fused-ring (bicyclic) bond motifs is 1. The van der Waals surface area contributed by atoms with E-state index in [0.717, 1.165) is 5.69 Å². The number of carbonyl (C=O) groups is 1. The number of ether oxygens (including phenoxy) is 3. The SMILES string of the molecule is CCc1nc2c(OCCOc3ccc(F)cc3)cccn2c1N(C)C(=O)c1ccc(OC)cc1. The van der Waals surface area contributed by atoms with E-state index in [0.29, 0.717) is 40.7 Å². The van der Waals surface area contributed by atoms with Gasteiger partial charge in [0.1, 0.15) is 36.3 Å². The third-order valence-electron chi connectivity index (χ3n) is 5.38. The Morgan fingerprint density at radius 3 is 2.35 bits per heavy atom. The maximum absolute atomic E-state index is 13.2. The van der Waals surface area contributed by atoms with Gasteiger partial charge >= 0.3 is 0 Å². The number of pyridine rings is 1. The standard InChI is InChI=1S/C26H26FN3O4/c1-4-22-25(29(2)26(31)18-7-11-20(32-3)12-8-18)30-15-5-6-23(24(30)28-22)34-17-16-33-21-13-9-19(27)10-14-21/h5-15H,4,16-17H2,1-3H3. The lowest BCUT2D eigenvalue weighted by Crippen LogP contribution is -2.28. The van der Waals surface area contributed by atoms with E-state index in [9.17, 15) is 9.18 Å². The number of carbonyl (C=O) groups excluding carboxylic acids is 1. The Balaban J connectivity index is 1.53. The van der Waals surface area contributed by atoms with Crippen LogP contribution in [0.2, 0.25) is 0 Å². The molecular weight excluding hydrogens is 437 g/mol. The number of amides is 1. The molecular formula is C26H26FN3O4. The molecule has 4 rings (SSSR count). The molecule has 0 aliphatic rings. The first-order valence-corrected chi connectivity index (χ1v) is 10.9. The van der Waals surface area contributed by atoms with Crippen molar-refractivity contribution in [2.45, 2.75) is 13.3 Å². The van der Waals surface area contributed by atoms with Crippen molar-refractivity contribution < 1.29 is 23.4 Å². The molecule has 0 aliphatic carbocycles. The topological polar surface area (TPSA) is 65.3 Å². The van der Waals surface area contributed by atoms with E-state index < -0.39 is 0 Å². The molecule has 1 amide bonds. The van der Waals surface area contributed by atoms with Crippen molar-refractivity contribution >= 4 is 17.4 Å². The van der Waals surface area contributed by atoms with Crippen molar-refractivity contribution in [3.05, 3.63) is 83.9 Å². The minimum absolute atomic E-state index is 0.154. The molecule has 0 spiro atoms. The fourth-order valence-electron chi connectivity index (χ4n) is 3.65. The highest BCUT2D eigenvalue weighted by Crippen LogP contribution is 2.29. The minimum Gasteiger partial charge on any atom is -0.497 e. The quantitative estimate of drug-likeness (QED) is 0.334. The van der Waals surface area contributed by atoms with Crippen LogP contribution in [0.5, 0.6) is 17.2 Å². The summed E-state index contributed by atoms with van der Waals surface area (Å²) in [5, 5.41) is 0. The third-order valence-corrected chi connectivity index (χ3v) is 5.38. The van der Waals surface area contributed by atoms with Gasteiger partial charge in [0.15, 0.2) is 11.4 Å². The van der Waals surface area contributed by atoms with Crippen LogP contribution in [0.15, 0.2) is 66.9 Å². The van der Waals surface area contributed by atoms with Crippen molar-refractivity contribution in [3.63, 3.8) is 0 Å². The van der Waals surface area contributed by atoms with Gasteiger partial charge in [0.05, 0.1) is 12.8 Å². The van der Waals surface area contributed by atoms with Crippen LogP contribution in [0, 0.1) is 5.82 Å². The largest absolute Gasteiger partial charge is 0.497 e. The second-order valence-corrected chi connectivity index (χ2v) is 7.55. The van der Waals surface area contributed by atoms with Crippen molar-refractivity contribution in [3.8, 4) is 17.2 Å². The third kappa shape index (κ3) is 4.80. The number of hydrogen-bond donors (Lipinski definition) is 0. The smallest absolute Gasteiger partial charge is 0.259 e. The molecule has 0 N–H and O–H groups in total. The number of rotatable bonds is 9. The summed E-state index contributed by atoms with van der Waals surface area (Å²) in [6.45, 7) is 2.56. The lowest BCUT2D eigenvalue weighted by molar-refractivity contribution is 0.0992. The molecule has 0 aliphatic heterocycles. The summed E-state index contributed by atoms with van der Waals surface area (Å²) in [7, 11) is 3.32. The lowest BCUT2D eigenvalue weighted by atomic mass is 10.2. The Labute approximate surface area is 197 Å². The van der Waals surface area contributed by atoms with Gasteiger partial charge in [-0.25, -0.2) is 9.37 Å². The first-order valence-electron chi connectivity index (χ1n) is 10.9. The highest BCUT2D eigenvalue weighted by atomic mass is 19.1. The van der Waals surface area contributed by atoms with Crippen LogP contribution in [0.25, 0.3) is 5.65 Å². The maximum atomic E-state index is 13.2. The highest BCUT2D eigenvalue weighted by Gasteiger charge is 2.22. The summed E-state index contributed by atoms with van der Waals surface area (Å²) in [5.41, 5.74) is 1.94. The molecule has 0 radical (unpaired) electrons. The Morgan fingerprint density at radius 2 is 1.68 bits per heavy atom. The van der Waals surface area contributed by atoms with E-state index in [1.807, 2.05) is 29.7 Å². The van der Waals surface area contributed by atoms with Gasteiger partial charge < -0.3 is 14.2 Å². The zero-order valence-electron chi connectivity index (χ0n) is 19.3. The summed E-state index contributed by atoms with van der Waals surface area (Å²) in [4.78, 5) is 19.5. The van der Waals surface area contributed by atoms with Gasteiger partial charge in [-0.15, -0.1) is 0 Å². The molecule has 0 fully saturated rings. The molecule has 0 atom stereocenters. The molecule has 7 nitrogen and oxygen atoms in total. The van der Waals surface area contributed by atoms with Gasteiger partial charge in [-0.2, -0.15) is 0 Å². The summed E-state index contributed by atoms with van der Waals surface area (Å²) >= 11 is 0. The van der Waals surface area contributed by atoms with E-state index in [4.69, 9.17) is 19.2 Å². The lowest BCUT2D eigenvalue weighted by Gasteiger charge is -2.18. The van der Waals surface area contributed by atoms with Gasteiger partial charge in [0.25, 0.3) is 5.91 Å². The van der Waals surface area contributed by atoms with E-state index in [-0.39, 0.29) is 24.9 Å². The predicted octanol–water partition coefficient (Wildman–Crippen LogP) is 4.78. The highest BCUT2D eigenvalue weighted by molar-refractivity contribution is 6.05. The number of aromatic nitrogens is 2. The Morgan fingerprint density at radius 1 is 1.00 bits per heavy atom. The van der Waals surface area contributed by atoms with E-state index >= 15 is 0 Å². The van der Waals surface area contributed by atoms with Gasteiger partial charge in [-0.1, -0.05) is 6.92 Å². The first kappa shape index (κ1) is 23.1. The fourth-order valence-corrected chi connectivity index (χ4v) is 3.65. The van der Waals surface area contributed by atoms with Crippen molar-refractivity contribution in [1.82, 2.24) is 9.38 Å². The van der Waals surface area contributed by atoms with E-state index in [2.05, 4.69) is 0 Å². The molecule has 2 aromatic heterocycles. The number of hydrogen-bond acceptors (Lipinski definition) is 5. The molecule has 0 unspecified atom stereocenters. The number of anilines is 1. The van der Waals surface area contributed by atoms with Crippen LogP contribution in [-0.4, -0.2) is 42.7 Å². The van der Waals surface area contributed by atoms with Crippen molar-refractivity contribution in [2.75, 3.05) is 32.3 Å². The maximum Gasteiger partial charge on any atom is 0.259 e. The molecule has 2 aromatic carbocycles. The average Bonchev–Trinajstić information content (AvgIpc) is 3.26. The van der Waals surface area contributed by atoms with Crippen LogP contribution in [0.4, 0.5) is 10.2 Å². The second kappa shape index (κ2) is 10.2. The molecule has 0 saturated heterocycles. The van der Waals surface area contributed by atoms with Crippen LogP contribution < -0.4 is 19.1 Å². The molecule has 0 saturated carbocycles. The Hall–Kier alpha value is -4.07. The van der Waals surface area contributed by atoms with Crippen molar-refractivity contribution in [1.29, 1.82) is 0 Å². The fraction of sp³-hybridized carbons (Fsp3) is 0.231. The number of imidazole rings is 1. The van der Waals surface area contributed by atoms with Crippen LogP contribution in [0.1, 0.15) is 23.0 Å². The summed E-state index contributed by atoms with van der Waals surface area (Å²) in [6.07, 6.45) is 2.50. The van der Waals surface area contributed by atoms with Gasteiger partial charge in [-0.05, 0) is 67.1 Å². The zero-order chi connectivity index (χ0) is 24.1. The Kier molecular flexibility index (Phi) is 6.96. The first-order chi connectivity index (χ1) is 16.5. The Bertz CT molecular complexity index is 1270. The molecule has 2 heterocycles. The van der Waals surface area contributed by atoms with E-state index in [1.54, 1.807) is 55.5 Å². The molecule has 4 aromatic rings. The number of benzene rings is 2. The van der Waals surface area contributed by atoms with Crippen molar-refractivity contribution in [2.24, 2.45) is 0 Å². The molecule has 34 heavy (non-hydrogen) atoms. The molecule has 176 valence electrons. The number of nitrogens with zero attached hydrogens (tertiary/aromatic N) is 3. The van der Waals surface area contributed by atoms with Crippen LogP contribution in [-0.2, 0) is 6.42 Å². The van der Waals surface area contributed by atoms with Gasteiger partial charge in [-0.3, -0.25) is 14.1 Å². The van der Waals surface area contributed by atoms with E-state index in [1.165, 1.54) is 12.1 Å². The minimum atomic E-state index is -0.312. The predicted molar refractivity (Wildman–Crippen MR) is 128 cm³/mol. The summed E-state index contributed by atoms with van der Waals surface area (Å²) < 4.78 is 31.6. The van der Waals surface area contributed by atoms with Gasteiger partial charge in [0, 0.05) is 18.8 Å². The average molecular weight is 464 g/mol. The summed E-state index contributed by atoms with van der Waals surface area (Å²) in [5.74, 6) is 2.06. The monoisotopic (exact) mass is 463 g/mol. The number of halogens is 1. The summed E-state index contributed by atoms with van der Waals surface area (Å²) in [6, 6.07) is 16.5. The zero-order valence-corrected chi connectivity index (χ0v) is 19.3. The van der Waals surface area contributed by atoms with Gasteiger partial charge in [0.2, 0.25) is 0 Å². The number of methoxy groups -OCH3 is 1. The normalized spacial score (nSPS) is 10.8. The molecule has 8 heteroatoms. The number of aryl methyl sites for hydroxylation is 1. The van der Waals surface area contributed by atoms with Crippen LogP contribution >= 0.6 is 0 Å². The second-order valence-electron chi connectivity index (χ2n) is 7.55.